The van der Waals surface area contributed by atoms with Gasteiger partial charge >= 0.3 is 6.09 Å². The fourth-order valence-electron chi connectivity index (χ4n) is 3.15. The van der Waals surface area contributed by atoms with Gasteiger partial charge in [0.15, 0.2) is 0 Å². The molecular formula is C25H32N6O5S. The summed E-state index contributed by atoms with van der Waals surface area (Å²) in [4.78, 5) is 19.6. The lowest BCUT2D eigenvalue weighted by atomic mass is 10.1. The van der Waals surface area contributed by atoms with Gasteiger partial charge in [0, 0.05) is 35.1 Å². The highest BCUT2D eigenvalue weighted by Crippen LogP contribution is 2.24. The third kappa shape index (κ3) is 8.92. The lowest BCUT2D eigenvalue weighted by Crippen LogP contribution is -2.40. The van der Waals surface area contributed by atoms with Gasteiger partial charge in [0.1, 0.15) is 11.6 Å². The van der Waals surface area contributed by atoms with E-state index in [0.29, 0.717) is 36.2 Å². The van der Waals surface area contributed by atoms with Gasteiger partial charge in [-0.2, -0.15) is 4.98 Å². The van der Waals surface area contributed by atoms with E-state index in [0.717, 1.165) is 11.3 Å². The maximum Gasteiger partial charge on any atom is 0.404 e. The monoisotopic (exact) mass is 528 g/mol. The van der Waals surface area contributed by atoms with Crippen molar-refractivity contribution in [3.05, 3.63) is 60.3 Å². The molecule has 3 rings (SSSR count). The van der Waals surface area contributed by atoms with Crippen molar-refractivity contribution in [1.82, 2.24) is 14.7 Å². The third-order valence-corrected chi connectivity index (χ3v) is 6.49. The van der Waals surface area contributed by atoms with Gasteiger partial charge in [-0.05, 0) is 70.2 Å². The van der Waals surface area contributed by atoms with Gasteiger partial charge in [-0.25, -0.2) is 22.9 Å². The van der Waals surface area contributed by atoms with Gasteiger partial charge in [-0.1, -0.05) is 6.07 Å². The number of anilines is 4. The Kier molecular flexibility index (Phi) is 8.90. The summed E-state index contributed by atoms with van der Waals surface area (Å²) in [5.74, 6) is 1.56. The number of nitrogens with zero attached hydrogens (tertiary/aromatic N) is 2. The predicted octanol–water partition coefficient (Wildman–Crippen LogP) is 4.21. The Morgan fingerprint density at radius 3 is 2.43 bits per heavy atom. The molecule has 0 spiro atoms. The normalized spacial score (nSPS) is 11.6. The van der Waals surface area contributed by atoms with E-state index in [2.05, 4.69) is 30.1 Å². The molecule has 37 heavy (non-hydrogen) atoms. The fourth-order valence-corrected chi connectivity index (χ4v) is 4.62. The molecule has 1 heterocycles. The van der Waals surface area contributed by atoms with E-state index in [1.165, 1.54) is 0 Å². The minimum Gasteiger partial charge on any atom is -0.493 e. The van der Waals surface area contributed by atoms with Crippen molar-refractivity contribution in [2.45, 2.75) is 44.6 Å². The Labute approximate surface area is 216 Å². The molecule has 0 radical (unpaired) electrons. The molecular weight excluding hydrogens is 496 g/mol. The molecule has 0 bridgehead atoms. The lowest BCUT2D eigenvalue weighted by molar-refractivity contribution is 0.147. The molecule has 5 N–H and O–H groups in total. The van der Waals surface area contributed by atoms with Crippen LogP contribution in [-0.2, 0) is 14.8 Å². The van der Waals surface area contributed by atoms with Crippen LogP contribution in [0.15, 0.2) is 59.6 Å². The minimum atomic E-state index is -3.68. The largest absolute Gasteiger partial charge is 0.493 e. The van der Waals surface area contributed by atoms with Crippen molar-refractivity contribution in [3.8, 4) is 5.75 Å². The summed E-state index contributed by atoms with van der Waals surface area (Å²) in [6, 6.07) is 13.8. The van der Waals surface area contributed by atoms with Crippen LogP contribution in [0.3, 0.4) is 0 Å². The SMILES string of the molecule is Cc1cnc(Nc2ccc(OCCCOC(N)=O)cc2)nc1Nc1cccc(S(=O)(=O)NC(C)(C)C)c1. The summed E-state index contributed by atoms with van der Waals surface area (Å²) in [5.41, 5.74) is 6.43. The third-order valence-electron chi connectivity index (χ3n) is 4.73. The van der Waals surface area contributed by atoms with E-state index in [1.807, 2.05) is 19.1 Å². The van der Waals surface area contributed by atoms with Gasteiger partial charge in [0.2, 0.25) is 16.0 Å². The zero-order valence-electron chi connectivity index (χ0n) is 21.2. The molecule has 0 aliphatic heterocycles. The Morgan fingerprint density at radius 1 is 1.03 bits per heavy atom. The quantitative estimate of drug-likeness (QED) is 0.267. The molecule has 2 aromatic carbocycles. The smallest absolute Gasteiger partial charge is 0.404 e. The highest BCUT2D eigenvalue weighted by molar-refractivity contribution is 7.89. The number of sulfonamides is 1. The van der Waals surface area contributed by atoms with E-state index in [9.17, 15) is 13.2 Å². The average Bonchev–Trinajstić information content (AvgIpc) is 2.81. The zero-order valence-corrected chi connectivity index (χ0v) is 22.1. The van der Waals surface area contributed by atoms with Crippen LogP contribution in [0.4, 0.5) is 27.9 Å². The Morgan fingerprint density at radius 2 is 1.76 bits per heavy atom. The van der Waals surface area contributed by atoms with E-state index in [1.54, 1.807) is 63.4 Å². The Bertz CT molecular complexity index is 1320. The van der Waals surface area contributed by atoms with Crippen molar-refractivity contribution in [2.24, 2.45) is 5.73 Å². The minimum absolute atomic E-state index is 0.153. The molecule has 0 saturated heterocycles. The molecule has 1 aromatic heterocycles. The van der Waals surface area contributed by atoms with E-state index >= 15 is 0 Å². The standard InChI is InChI=1S/C25H32N6O5S/c1-17-16-27-24(29-18-9-11-20(12-10-18)35-13-6-14-36-23(26)32)30-22(17)28-19-7-5-8-21(15-19)37(33,34)31-25(2,3)4/h5,7-12,15-16,31H,6,13-14H2,1-4H3,(H2,26,32)(H2,27,28,29,30). The second kappa shape index (κ2) is 11.9. The van der Waals surface area contributed by atoms with Crippen LogP contribution in [-0.4, -0.2) is 43.2 Å². The number of carbonyl (C=O) groups is 1. The van der Waals surface area contributed by atoms with E-state index in [-0.39, 0.29) is 11.5 Å². The summed E-state index contributed by atoms with van der Waals surface area (Å²) < 4.78 is 38.3. The number of aromatic nitrogens is 2. The number of ether oxygens (including phenoxy) is 2. The molecule has 3 aromatic rings. The second-order valence-corrected chi connectivity index (χ2v) is 10.9. The van der Waals surface area contributed by atoms with Crippen LogP contribution >= 0.6 is 0 Å². The number of hydrogen-bond acceptors (Lipinski definition) is 9. The van der Waals surface area contributed by atoms with Gasteiger partial charge in [0.25, 0.3) is 0 Å². The van der Waals surface area contributed by atoms with Crippen LogP contribution in [0.25, 0.3) is 0 Å². The number of nitrogens with two attached hydrogens (primary N) is 1. The summed E-state index contributed by atoms with van der Waals surface area (Å²) in [5, 5.41) is 6.32. The maximum atomic E-state index is 12.7. The van der Waals surface area contributed by atoms with Crippen molar-refractivity contribution < 1.29 is 22.7 Å². The van der Waals surface area contributed by atoms with Crippen molar-refractivity contribution in [3.63, 3.8) is 0 Å². The first kappa shape index (κ1) is 27.7. The zero-order chi connectivity index (χ0) is 27.1. The Hall–Kier alpha value is -3.90. The fraction of sp³-hybridized carbons (Fsp3) is 0.320. The first-order valence-corrected chi connectivity index (χ1v) is 13.1. The number of primary amides is 1. The van der Waals surface area contributed by atoms with E-state index in [4.69, 9.17) is 10.5 Å². The second-order valence-electron chi connectivity index (χ2n) is 9.25. The van der Waals surface area contributed by atoms with Gasteiger partial charge in [0.05, 0.1) is 18.1 Å². The van der Waals surface area contributed by atoms with Crippen molar-refractivity contribution in [2.75, 3.05) is 23.8 Å². The van der Waals surface area contributed by atoms with Crippen LogP contribution in [0.1, 0.15) is 32.8 Å². The molecule has 0 saturated carbocycles. The topological polar surface area (TPSA) is 158 Å². The molecule has 11 nitrogen and oxygen atoms in total. The molecule has 1 amide bonds. The van der Waals surface area contributed by atoms with Crippen LogP contribution in [0.2, 0.25) is 0 Å². The number of amides is 1. The number of hydrogen-bond donors (Lipinski definition) is 4. The molecule has 0 fully saturated rings. The molecule has 0 unspecified atom stereocenters. The first-order chi connectivity index (χ1) is 17.4. The van der Waals surface area contributed by atoms with Crippen molar-refractivity contribution >= 4 is 39.3 Å². The molecule has 0 aliphatic rings. The summed E-state index contributed by atoms with van der Waals surface area (Å²) >= 11 is 0. The van der Waals surface area contributed by atoms with Gasteiger partial charge < -0.3 is 25.8 Å². The highest BCUT2D eigenvalue weighted by Gasteiger charge is 2.22. The number of aryl methyl sites for hydroxylation is 1. The van der Waals surface area contributed by atoms with Crippen LogP contribution in [0.5, 0.6) is 5.75 Å². The predicted molar refractivity (Wildman–Crippen MR) is 142 cm³/mol. The molecule has 0 atom stereocenters. The number of benzene rings is 2. The maximum absolute atomic E-state index is 12.7. The molecule has 0 aliphatic carbocycles. The molecule has 198 valence electrons. The van der Waals surface area contributed by atoms with Crippen LogP contribution in [0, 0.1) is 6.92 Å². The number of rotatable bonds is 11. The Balaban J connectivity index is 1.65. The number of carbonyl (C=O) groups excluding carboxylic acids is 1. The van der Waals surface area contributed by atoms with Crippen molar-refractivity contribution in [1.29, 1.82) is 0 Å². The lowest BCUT2D eigenvalue weighted by Gasteiger charge is -2.20. The summed E-state index contributed by atoms with van der Waals surface area (Å²) in [7, 11) is -3.68. The summed E-state index contributed by atoms with van der Waals surface area (Å²) in [6.07, 6.45) is 1.39. The number of nitrogens with one attached hydrogen (secondary N) is 3. The van der Waals surface area contributed by atoms with E-state index < -0.39 is 21.7 Å². The summed E-state index contributed by atoms with van der Waals surface area (Å²) in [6.45, 7) is 7.80. The van der Waals surface area contributed by atoms with Crippen LogP contribution < -0.4 is 25.8 Å². The van der Waals surface area contributed by atoms with Gasteiger partial charge in [-0.15, -0.1) is 0 Å². The highest BCUT2D eigenvalue weighted by atomic mass is 32.2. The van der Waals surface area contributed by atoms with Gasteiger partial charge in [-0.3, -0.25) is 0 Å². The molecule has 12 heteroatoms. The first-order valence-electron chi connectivity index (χ1n) is 11.6. The average molecular weight is 529 g/mol.